The fourth-order valence-corrected chi connectivity index (χ4v) is 1.93. The molecule has 7 heteroatoms. The zero-order valence-electron chi connectivity index (χ0n) is 12.5. The van der Waals surface area contributed by atoms with Crippen molar-refractivity contribution in [2.45, 2.75) is 20.3 Å². The Morgan fingerprint density at radius 3 is 2.50 bits per heavy atom. The standard InChI is InChI=1S/C13H24N6O/c1-10(2)4-5-15-12-16-11(14-3)17-13(18-12)19-6-8-20-9-7-19/h10H,4-9H2,1-3H3,(H2,14,15,16,17,18). The van der Waals surface area contributed by atoms with Gasteiger partial charge in [-0.15, -0.1) is 0 Å². The van der Waals surface area contributed by atoms with Gasteiger partial charge in [0, 0.05) is 26.7 Å². The Morgan fingerprint density at radius 2 is 1.85 bits per heavy atom. The molecule has 1 saturated heterocycles. The predicted molar refractivity (Wildman–Crippen MR) is 80.4 cm³/mol. The molecule has 0 amide bonds. The Bertz CT molecular complexity index is 419. The number of hydrogen-bond acceptors (Lipinski definition) is 7. The molecule has 20 heavy (non-hydrogen) atoms. The van der Waals surface area contributed by atoms with Crippen LogP contribution < -0.4 is 15.5 Å². The van der Waals surface area contributed by atoms with Crippen molar-refractivity contribution in [3.8, 4) is 0 Å². The molecule has 1 aliphatic heterocycles. The van der Waals surface area contributed by atoms with Crippen molar-refractivity contribution in [1.29, 1.82) is 0 Å². The summed E-state index contributed by atoms with van der Waals surface area (Å²) >= 11 is 0. The first-order chi connectivity index (χ1) is 9.69. The van der Waals surface area contributed by atoms with Crippen LogP contribution in [0.25, 0.3) is 0 Å². The summed E-state index contributed by atoms with van der Waals surface area (Å²) < 4.78 is 5.36. The molecule has 2 heterocycles. The molecule has 112 valence electrons. The van der Waals surface area contributed by atoms with E-state index in [0.29, 0.717) is 23.8 Å². The second-order valence-corrected chi connectivity index (χ2v) is 5.24. The molecule has 0 bridgehead atoms. The highest BCUT2D eigenvalue weighted by Gasteiger charge is 2.16. The van der Waals surface area contributed by atoms with Gasteiger partial charge in [0.2, 0.25) is 17.8 Å². The third-order valence-electron chi connectivity index (χ3n) is 3.15. The maximum Gasteiger partial charge on any atom is 0.232 e. The molecule has 2 N–H and O–H groups in total. The summed E-state index contributed by atoms with van der Waals surface area (Å²) in [5.41, 5.74) is 0. The minimum absolute atomic E-state index is 0.591. The summed E-state index contributed by atoms with van der Waals surface area (Å²) in [5, 5.41) is 6.26. The Balaban J connectivity index is 2.06. The molecular formula is C13H24N6O. The van der Waals surface area contributed by atoms with E-state index in [-0.39, 0.29) is 0 Å². The van der Waals surface area contributed by atoms with Gasteiger partial charge in [0.25, 0.3) is 0 Å². The van der Waals surface area contributed by atoms with Gasteiger partial charge in [-0.2, -0.15) is 15.0 Å². The van der Waals surface area contributed by atoms with Crippen LogP contribution in [0, 0.1) is 5.92 Å². The summed E-state index contributed by atoms with van der Waals surface area (Å²) in [5.74, 6) is 2.59. The number of aromatic nitrogens is 3. The highest BCUT2D eigenvalue weighted by molar-refractivity contribution is 5.43. The Morgan fingerprint density at radius 1 is 1.15 bits per heavy atom. The highest BCUT2D eigenvalue weighted by Crippen LogP contribution is 2.15. The number of anilines is 3. The van der Waals surface area contributed by atoms with Crippen molar-refractivity contribution >= 4 is 17.8 Å². The molecule has 0 spiro atoms. The summed E-state index contributed by atoms with van der Waals surface area (Å²) in [7, 11) is 1.82. The number of hydrogen-bond donors (Lipinski definition) is 2. The number of nitrogens with one attached hydrogen (secondary N) is 2. The maximum absolute atomic E-state index is 5.36. The smallest absolute Gasteiger partial charge is 0.232 e. The predicted octanol–water partition coefficient (Wildman–Crippen LogP) is 1.21. The number of morpholine rings is 1. The van der Waals surface area contributed by atoms with Crippen LogP contribution in [0.1, 0.15) is 20.3 Å². The van der Waals surface area contributed by atoms with Gasteiger partial charge < -0.3 is 20.3 Å². The van der Waals surface area contributed by atoms with Gasteiger partial charge in [-0.3, -0.25) is 0 Å². The van der Waals surface area contributed by atoms with Crippen LogP contribution in [0.2, 0.25) is 0 Å². The molecule has 1 fully saturated rings. The van der Waals surface area contributed by atoms with Gasteiger partial charge in [0.15, 0.2) is 0 Å². The largest absolute Gasteiger partial charge is 0.378 e. The second-order valence-electron chi connectivity index (χ2n) is 5.24. The monoisotopic (exact) mass is 280 g/mol. The molecule has 2 rings (SSSR count). The fraction of sp³-hybridized carbons (Fsp3) is 0.769. The molecule has 1 aromatic rings. The van der Waals surface area contributed by atoms with E-state index in [9.17, 15) is 0 Å². The van der Waals surface area contributed by atoms with E-state index in [1.807, 2.05) is 7.05 Å². The van der Waals surface area contributed by atoms with Gasteiger partial charge in [-0.05, 0) is 12.3 Å². The van der Waals surface area contributed by atoms with E-state index in [1.54, 1.807) is 0 Å². The van der Waals surface area contributed by atoms with Gasteiger partial charge in [-0.1, -0.05) is 13.8 Å². The van der Waals surface area contributed by atoms with E-state index >= 15 is 0 Å². The van der Waals surface area contributed by atoms with Crippen LogP contribution in [-0.4, -0.2) is 54.8 Å². The summed E-state index contributed by atoms with van der Waals surface area (Å²) in [4.78, 5) is 15.4. The Kier molecular flexibility index (Phi) is 5.34. The number of rotatable bonds is 6. The van der Waals surface area contributed by atoms with Crippen LogP contribution in [0.15, 0.2) is 0 Å². The minimum Gasteiger partial charge on any atom is -0.378 e. The average molecular weight is 280 g/mol. The summed E-state index contributed by atoms with van der Waals surface area (Å²) in [6.45, 7) is 8.35. The lowest BCUT2D eigenvalue weighted by atomic mass is 10.1. The van der Waals surface area contributed by atoms with Crippen molar-refractivity contribution in [1.82, 2.24) is 15.0 Å². The van der Waals surface area contributed by atoms with E-state index in [2.05, 4.69) is 44.3 Å². The van der Waals surface area contributed by atoms with Crippen molar-refractivity contribution in [3.63, 3.8) is 0 Å². The van der Waals surface area contributed by atoms with Gasteiger partial charge in [0.05, 0.1) is 13.2 Å². The van der Waals surface area contributed by atoms with Gasteiger partial charge in [-0.25, -0.2) is 0 Å². The topological polar surface area (TPSA) is 75.2 Å². The summed E-state index contributed by atoms with van der Waals surface area (Å²) in [6.07, 6.45) is 1.09. The van der Waals surface area contributed by atoms with Crippen LogP contribution in [0.4, 0.5) is 17.8 Å². The van der Waals surface area contributed by atoms with E-state index in [1.165, 1.54) is 0 Å². The van der Waals surface area contributed by atoms with Crippen molar-refractivity contribution < 1.29 is 4.74 Å². The molecular weight excluding hydrogens is 256 g/mol. The molecule has 7 nitrogen and oxygen atoms in total. The zero-order chi connectivity index (χ0) is 14.4. The Labute approximate surface area is 120 Å². The van der Waals surface area contributed by atoms with E-state index in [0.717, 1.165) is 39.3 Å². The van der Waals surface area contributed by atoms with Crippen LogP contribution >= 0.6 is 0 Å². The molecule has 0 unspecified atom stereocenters. The quantitative estimate of drug-likeness (QED) is 0.811. The lowest BCUT2D eigenvalue weighted by molar-refractivity contribution is 0.122. The second kappa shape index (κ2) is 7.23. The van der Waals surface area contributed by atoms with Gasteiger partial charge in [0.1, 0.15) is 0 Å². The van der Waals surface area contributed by atoms with E-state index < -0.39 is 0 Å². The lowest BCUT2D eigenvalue weighted by Gasteiger charge is -2.27. The van der Waals surface area contributed by atoms with Gasteiger partial charge >= 0.3 is 0 Å². The van der Waals surface area contributed by atoms with Crippen LogP contribution in [0.3, 0.4) is 0 Å². The zero-order valence-corrected chi connectivity index (χ0v) is 12.5. The third-order valence-corrected chi connectivity index (χ3v) is 3.15. The van der Waals surface area contributed by atoms with Crippen molar-refractivity contribution in [2.24, 2.45) is 5.92 Å². The van der Waals surface area contributed by atoms with Crippen LogP contribution in [-0.2, 0) is 4.74 Å². The average Bonchev–Trinajstić information content (AvgIpc) is 2.47. The molecule has 0 aliphatic carbocycles. The molecule has 1 aromatic heterocycles. The minimum atomic E-state index is 0.591. The maximum atomic E-state index is 5.36. The molecule has 0 saturated carbocycles. The fourth-order valence-electron chi connectivity index (χ4n) is 1.93. The van der Waals surface area contributed by atoms with Crippen LogP contribution in [0.5, 0.6) is 0 Å². The normalized spacial score (nSPS) is 15.5. The molecule has 0 atom stereocenters. The molecule has 0 radical (unpaired) electrons. The van der Waals surface area contributed by atoms with Crippen molar-refractivity contribution in [3.05, 3.63) is 0 Å². The first-order valence-electron chi connectivity index (χ1n) is 7.19. The highest BCUT2D eigenvalue weighted by atomic mass is 16.5. The number of nitrogens with zero attached hydrogens (tertiary/aromatic N) is 4. The first kappa shape index (κ1) is 14.8. The van der Waals surface area contributed by atoms with Crippen molar-refractivity contribution in [2.75, 3.05) is 55.4 Å². The number of ether oxygens (including phenoxy) is 1. The molecule has 1 aliphatic rings. The molecule has 0 aromatic carbocycles. The van der Waals surface area contributed by atoms with E-state index in [4.69, 9.17) is 4.74 Å². The summed E-state index contributed by atoms with van der Waals surface area (Å²) in [6, 6.07) is 0. The Hall–Kier alpha value is -1.63. The third kappa shape index (κ3) is 4.19. The SMILES string of the molecule is CNc1nc(NCCC(C)C)nc(N2CCOCC2)n1. The first-order valence-corrected chi connectivity index (χ1v) is 7.19. The lowest BCUT2D eigenvalue weighted by Crippen LogP contribution is -2.37.